The van der Waals surface area contributed by atoms with Crippen LogP contribution in [0.3, 0.4) is 0 Å². The Balaban J connectivity index is 1.88. The third kappa shape index (κ3) is 2.17. The highest BCUT2D eigenvalue weighted by Crippen LogP contribution is 2.25. The molecule has 0 bridgehead atoms. The molecule has 104 valence electrons. The standard InChI is InChI=1S/C14H17N5O/c1-2-11(20)9-5-6-19(7-9)12-4-3-10-13(18-12)14(15)17-8-16-10/h3-4,8-9H,2,5-7H2,1H3,(H2,15,16,17). The normalized spacial score (nSPS) is 18.6. The van der Waals surface area contributed by atoms with Crippen molar-refractivity contribution in [3.63, 3.8) is 0 Å². The summed E-state index contributed by atoms with van der Waals surface area (Å²) in [5.41, 5.74) is 7.19. The molecule has 2 N–H and O–H groups in total. The van der Waals surface area contributed by atoms with Crippen LogP contribution in [0.1, 0.15) is 19.8 Å². The molecule has 0 spiro atoms. The summed E-state index contributed by atoms with van der Waals surface area (Å²) in [6.45, 7) is 3.50. The first-order chi connectivity index (χ1) is 9.69. The Kier molecular flexibility index (Phi) is 3.22. The molecule has 0 aromatic carbocycles. The third-order valence-corrected chi connectivity index (χ3v) is 3.81. The summed E-state index contributed by atoms with van der Waals surface area (Å²) < 4.78 is 0. The first-order valence-corrected chi connectivity index (χ1v) is 6.84. The molecule has 1 fully saturated rings. The second-order valence-electron chi connectivity index (χ2n) is 5.05. The topological polar surface area (TPSA) is 85.0 Å². The second-order valence-corrected chi connectivity index (χ2v) is 5.05. The predicted molar refractivity (Wildman–Crippen MR) is 77.4 cm³/mol. The number of rotatable bonds is 3. The van der Waals surface area contributed by atoms with Gasteiger partial charge in [0.05, 0.1) is 5.52 Å². The largest absolute Gasteiger partial charge is 0.382 e. The fourth-order valence-electron chi connectivity index (χ4n) is 2.64. The zero-order chi connectivity index (χ0) is 14.1. The van der Waals surface area contributed by atoms with Crippen molar-refractivity contribution < 1.29 is 4.79 Å². The van der Waals surface area contributed by atoms with Crippen LogP contribution in [0.15, 0.2) is 18.5 Å². The molecular formula is C14H17N5O. The molecule has 0 aliphatic carbocycles. The lowest BCUT2D eigenvalue weighted by atomic mass is 10.0. The van der Waals surface area contributed by atoms with Gasteiger partial charge in [0.1, 0.15) is 23.4 Å². The number of carbonyl (C=O) groups excluding carboxylic acids is 1. The van der Waals surface area contributed by atoms with Gasteiger partial charge in [-0.05, 0) is 18.6 Å². The van der Waals surface area contributed by atoms with E-state index >= 15 is 0 Å². The molecule has 1 saturated heterocycles. The average Bonchev–Trinajstić information content (AvgIpc) is 2.96. The quantitative estimate of drug-likeness (QED) is 0.908. The molecule has 3 heterocycles. The average molecular weight is 271 g/mol. The molecule has 6 heteroatoms. The highest BCUT2D eigenvalue weighted by atomic mass is 16.1. The summed E-state index contributed by atoms with van der Waals surface area (Å²) in [7, 11) is 0. The Labute approximate surface area is 117 Å². The van der Waals surface area contributed by atoms with Crippen LogP contribution in [0, 0.1) is 5.92 Å². The van der Waals surface area contributed by atoms with E-state index in [4.69, 9.17) is 5.73 Å². The Morgan fingerprint density at radius 2 is 2.30 bits per heavy atom. The monoisotopic (exact) mass is 271 g/mol. The van der Waals surface area contributed by atoms with E-state index in [1.165, 1.54) is 6.33 Å². The zero-order valence-electron chi connectivity index (χ0n) is 11.4. The Morgan fingerprint density at radius 1 is 1.45 bits per heavy atom. The SMILES string of the molecule is CCC(=O)C1CCN(c2ccc3ncnc(N)c3n2)C1. The predicted octanol–water partition coefficient (Wildman–Crippen LogP) is 1.41. The minimum atomic E-state index is 0.127. The van der Waals surface area contributed by atoms with Gasteiger partial charge in [-0.3, -0.25) is 4.79 Å². The molecule has 1 atom stereocenters. The third-order valence-electron chi connectivity index (χ3n) is 3.81. The van der Waals surface area contributed by atoms with Crippen LogP contribution in [0.25, 0.3) is 11.0 Å². The van der Waals surface area contributed by atoms with E-state index in [0.29, 0.717) is 23.5 Å². The molecular weight excluding hydrogens is 254 g/mol. The fourth-order valence-corrected chi connectivity index (χ4v) is 2.64. The van der Waals surface area contributed by atoms with Crippen LogP contribution < -0.4 is 10.6 Å². The Morgan fingerprint density at radius 3 is 3.10 bits per heavy atom. The highest BCUT2D eigenvalue weighted by molar-refractivity contribution is 5.85. The first-order valence-electron chi connectivity index (χ1n) is 6.84. The van der Waals surface area contributed by atoms with Crippen molar-refractivity contribution in [3.8, 4) is 0 Å². The number of ketones is 1. The molecule has 0 saturated carbocycles. The summed E-state index contributed by atoms with van der Waals surface area (Å²) in [6, 6.07) is 3.82. The smallest absolute Gasteiger partial charge is 0.153 e. The van der Waals surface area contributed by atoms with E-state index < -0.39 is 0 Å². The number of Topliss-reactive ketones (excluding diaryl/α,β-unsaturated/α-hetero) is 1. The molecule has 1 aliphatic heterocycles. The summed E-state index contributed by atoms with van der Waals surface area (Å²) in [4.78, 5) is 26.5. The van der Waals surface area contributed by atoms with Gasteiger partial charge >= 0.3 is 0 Å². The number of anilines is 2. The van der Waals surface area contributed by atoms with Gasteiger partial charge in [-0.1, -0.05) is 6.92 Å². The lowest BCUT2D eigenvalue weighted by Crippen LogP contribution is -2.23. The van der Waals surface area contributed by atoms with Gasteiger partial charge in [0, 0.05) is 25.4 Å². The molecule has 1 unspecified atom stereocenters. The lowest BCUT2D eigenvalue weighted by Gasteiger charge is -2.17. The van der Waals surface area contributed by atoms with Gasteiger partial charge in [-0.25, -0.2) is 15.0 Å². The van der Waals surface area contributed by atoms with E-state index in [2.05, 4.69) is 19.9 Å². The summed E-state index contributed by atoms with van der Waals surface area (Å²) in [5.74, 6) is 1.68. The maximum Gasteiger partial charge on any atom is 0.153 e. The molecule has 2 aromatic heterocycles. The minimum Gasteiger partial charge on any atom is -0.382 e. The Bertz CT molecular complexity index is 657. The van der Waals surface area contributed by atoms with Gasteiger partial charge in [0.2, 0.25) is 0 Å². The van der Waals surface area contributed by atoms with Gasteiger partial charge in [0.15, 0.2) is 5.82 Å². The van der Waals surface area contributed by atoms with E-state index in [0.717, 1.165) is 30.8 Å². The zero-order valence-corrected chi connectivity index (χ0v) is 11.4. The van der Waals surface area contributed by atoms with Gasteiger partial charge < -0.3 is 10.6 Å². The van der Waals surface area contributed by atoms with Crippen molar-refractivity contribution in [1.82, 2.24) is 15.0 Å². The first kappa shape index (κ1) is 12.8. The summed E-state index contributed by atoms with van der Waals surface area (Å²) in [6.07, 6.45) is 2.93. The van der Waals surface area contributed by atoms with Crippen LogP contribution in [0.4, 0.5) is 11.6 Å². The maximum atomic E-state index is 11.8. The summed E-state index contributed by atoms with van der Waals surface area (Å²) >= 11 is 0. The van der Waals surface area contributed by atoms with Crippen molar-refractivity contribution in [1.29, 1.82) is 0 Å². The number of fused-ring (bicyclic) bond motifs is 1. The van der Waals surface area contributed by atoms with Gasteiger partial charge in [0.25, 0.3) is 0 Å². The van der Waals surface area contributed by atoms with Crippen molar-refractivity contribution in [3.05, 3.63) is 18.5 Å². The highest BCUT2D eigenvalue weighted by Gasteiger charge is 2.27. The minimum absolute atomic E-state index is 0.127. The number of carbonyl (C=O) groups is 1. The second kappa shape index (κ2) is 5.03. The number of nitrogens with two attached hydrogens (primary N) is 1. The number of nitrogens with zero attached hydrogens (tertiary/aromatic N) is 4. The molecule has 6 nitrogen and oxygen atoms in total. The molecule has 20 heavy (non-hydrogen) atoms. The molecule has 0 radical (unpaired) electrons. The van der Waals surface area contributed by atoms with Crippen LogP contribution in [-0.2, 0) is 4.79 Å². The van der Waals surface area contributed by atoms with Crippen LogP contribution in [0.5, 0.6) is 0 Å². The van der Waals surface area contributed by atoms with Crippen molar-refractivity contribution in [2.75, 3.05) is 23.7 Å². The van der Waals surface area contributed by atoms with Gasteiger partial charge in [-0.15, -0.1) is 0 Å². The number of aromatic nitrogens is 3. The van der Waals surface area contributed by atoms with Crippen LogP contribution >= 0.6 is 0 Å². The molecule has 0 amide bonds. The van der Waals surface area contributed by atoms with Gasteiger partial charge in [-0.2, -0.15) is 0 Å². The van der Waals surface area contributed by atoms with Crippen LogP contribution in [-0.4, -0.2) is 33.8 Å². The fraction of sp³-hybridized carbons (Fsp3) is 0.429. The van der Waals surface area contributed by atoms with E-state index in [1.807, 2.05) is 19.1 Å². The number of nitrogen functional groups attached to an aromatic ring is 1. The van der Waals surface area contributed by atoms with E-state index in [1.54, 1.807) is 0 Å². The number of hydrogen-bond acceptors (Lipinski definition) is 6. The van der Waals surface area contributed by atoms with Crippen LogP contribution in [0.2, 0.25) is 0 Å². The molecule has 1 aliphatic rings. The van der Waals surface area contributed by atoms with Crippen molar-refractivity contribution >= 4 is 28.5 Å². The molecule has 2 aromatic rings. The maximum absolute atomic E-state index is 11.8. The Hall–Kier alpha value is -2.24. The van der Waals surface area contributed by atoms with Crippen molar-refractivity contribution in [2.45, 2.75) is 19.8 Å². The number of pyridine rings is 1. The number of hydrogen-bond donors (Lipinski definition) is 1. The van der Waals surface area contributed by atoms with E-state index in [9.17, 15) is 4.79 Å². The van der Waals surface area contributed by atoms with Crippen molar-refractivity contribution in [2.24, 2.45) is 5.92 Å². The lowest BCUT2D eigenvalue weighted by molar-refractivity contribution is -0.121. The molecule has 3 rings (SSSR count). The summed E-state index contributed by atoms with van der Waals surface area (Å²) in [5, 5.41) is 0. The van der Waals surface area contributed by atoms with E-state index in [-0.39, 0.29) is 5.92 Å².